The van der Waals surface area contributed by atoms with Crippen molar-refractivity contribution >= 4 is 16.9 Å². The monoisotopic (exact) mass is 327 g/mol. The fourth-order valence-corrected chi connectivity index (χ4v) is 3.91. The average Bonchev–Trinajstić information content (AvgIpc) is 3.16. The van der Waals surface area contributed by atoms with E-state index < -0.39 is 0 Å². The van der Waals surface area contributed by atoms with E-state index in [1.165, 1.54) is 12.8 Å². The second-order valence-electron chi connectivity index (χ2n) is 6.87. The van der Waals surface area contributed by atoms with Crippen LogP contribution in [0.25, 0.3) is 11.0 Å². The molecule has 2 aliphatic heterocycles. The van der Waals surface area contributed by atoms with E-state index in [2.05, 4.69) is 21.7 Å². The molecule has 4 rings (SSSR count). The molecule has 0 N–H and O–H groups in total. The van der Waals surface area contributed by atoms with Crippen LogP contribution in [0.4, 0.5) is 0 Å². The third kappa shape index (κ3) is 3.05. The summed E-state index contributed by atoms with van der Waals surface area (Å²) in [5.41, 5.74) is 2.00. The minimum atomic E-state index is 0.0936. The van der Waals surface area contributed by atoms with E-state index in [9.17, 15) is 4.79 Å². The lowest BCUT2D eigenvalue weighted by molar-refractivity contribution is -0.131. The first-order chi connectivity index (χ1) is 11.8. The lowest BCUT2D eigenvalue weighted by atomic mass is 10.2. The number of likely N-dealkylation sites (tertiary alicyclic amines) is 1. The molecule has 0 spiro atoms. The SMILES string of the molecule is O=C(Cn1c([C@@H]2CCCO2)cc2cccnc21)N1CCCCCC1. The topological polar surface area (TPSA) is 47.4 Å². The maximum atomic E-state index is 12.9. The molecule has 2 aliphatic rings. The summed E-state index contributed by atoms with van der Waals surface area (Å²) in [5.74, 6) is 0.208. The predicted molar refractivity (Wildman–Crippen MR) is 92.7 cm³/mol. The van der Waals surface area contributed by atoms with Crippen LogP contribution in [0.15, 0.2) is 24.4 Å². The van der Waals surface area contributed by atoms with Gasteiger partial charge in [-0.2, -0.15) is 0 Å². The van der Waals surface area contributed by atoms with Gasteiger partial charge in [0.05, 0.1) is 6.10 Å². The van der Waals surface area contributed by atoms with E-state index in [1.54, 1.807) is 6.20 Å². The molecule has 1 amide bonds. The quantitative estimate of drug-likeness (QED) is 0.869. The highest BCUT2D eigenvalue weighted by molar-refractivity contribution is 5.82. The minimum absolute atomic E-state index is 0.0936. The maximum Gasteiger partial charge on any atom is 0.242 e. The highest BCUT2D eigenvalue weighted by Gasteiger charge is 2.25. The van der Waals surface area contributed by atoms with Crippen molar-refractivity contribution in [3.8, 4) is 0 Å². The molecule has 5 heteroatoms. The smallest absolute Gasteiger partial charge is 0.242 e. The van der Waals surface area contributed by atoms with Crippen molar-refractivity contribution in [1.29, 1.82) is 0 Å². The summed E-state index contributed by atoms with van der Waals surface area (Å²) in [7, 11) is 0. The first kappa shape index (κ1) is 15.6. The fraction of sp³-hybridized carbons (Fsp3) is 0.579. The number of fused-ring (bicyclic) bond motifs is 1. The summed E-state index contributed by atoms with van der Waals surface area (Å²) in [4.78, 5) is 19.4. The Bertz CT molecular complexity index is 710. The van der Waals surface area contributed by atoms with Crippen molar-refractivity contribution < 1.29 is 9.53 Å². The zero-order valence-corrected chi connectivity index (χ0v) is 14.1. The van der Waals surface area contributed by atoms with Gasteiger partial charge in [0.2, 0.25) is 5.91 Å². The van der Waals surface area contributed by atoms with E-state index >= 15 is 0 Å². The molecular weight excluding hydrogens is 302 g/mol. The number of rotatable bonds is 3. The number of amides is 1. The Morgan fingerprint density at radius 1 is 1.21 bits per heavy atom. The molecular formula is C19H25N3O2. The van der Waals surface area contributed by atoms with Gasteiger partial charge in [-0.1, -0.05) is 12.8 Å². The van der Waals surface area contributed by atoms with Crippen LogP contribution in [0.3, 0.4) is 0 Å². The number of hydrogen-bond donors (Lipinski definition) is 0. The highest BCUT2D eigenvalue weighted by Crippen LogP contribution is 2.32. The summed E-state index contributed by atoms with van der Waals surface area (Å²) in [5, 5.41) is 1.09. The second kappa shape index (κ2) is 6.93. The third-order valence-electron chi connectivity index (χ3n) is 5.20. The van der Waals surface area contributed by atoms with E-state index in [4.69, 9.17) is 4.74 Å². The Kier molecular flexibility index (Phi) is 4.52. The normalized spacial score (nSPS) is 22.0. The van der Waals surface area contributed by atoms with Gasteiger partial charge < -0.3 is 14.2 Å². The zero-order valence-electron chi connectivity index (χ0n) is 14.1. The Morgan fingerprint density at radius 3 is 2.79 bits per heavy atom. The molecule has 2 saturated heterocycles. The Balaban J connectivity index is 1.64. The van der Waals surface area contributed by atoms with E-state index in [1.807, 2.05) is 11.0 Å². The molecule has 4 heterocycles. The highest BCUT2D eigenvalue weighted by atomic mass is 16.5. The molecule has 0 aromatic carbocycles. The first-order valence-electron chi connectivity index (χ1n) is 9.16. The average molecular weight is 327 g/mol. The molecule has 24 heavy (non-hydrogen) atoms. The largest absolute Gasteiger partial charge is 0.372 e. The van der Waals surface area contributed by atoms with E-state index in [0.29, 0.717) is 6.54 Å². The molecule has 1 atom stereocenters. The van der Waals surface area contributed by atoms with Crippen LogP contribution in [0, 0.1) is 0 Å². The van der Waals surface area contributed by atoms with Gasteiger partial charge in [-0.05, 0) is 43.9 Å². The van der Waals surface area contributed by atoms with Gasteiger partial charge in [0.15, 0.2) is 0 Å². The van der Waals surface area contributed by atoms with Crippen molar-refractivity contribution in [3.63, 3.8) is 0 Å². The fourth-order valence-electron chi connectivity index (χ4n) is 3.91. The van der Waals surface area contributed by atoms with Gasteiger partial charge in [-0.25, -0.2) is 4.98 Å². The molecule has 0 saturated carbocycles. The summed E-state index contributed by atoms with van der Waals surface area (Å²) in [6.07, 6.45) is 8.71. The van der Waals surface area contributed by atoms with Crippen LogP contribution in [0.2, 0.25) is 0 Å². The number of hydrogen-bond acceptors (Lipinski definition) is 3. The molecule has 0 radical (unpaired) electrons. The van der Waals surface area contributed by atoms with Crippen LogP contribution in [0.5, 0.6) is 0 Å². The van der Waals surface area contributed by atoms with Gasteiger partial charge >= 0.3 is 0 Å². The lowest BCUT2D eigenvalue weighted by Gasteiger charge is -2.22. The Hall–Kier alpha value is -1.88. The Labute approximate surface area is 142 Å². The summed E-state index contributed by atoms with van der Waals surface area (Å²) in [6.45, 7) is 2.96. The number of carbonyl (C=O) groups is 1. The zero-order chi connectivity index (χ0) is 16.4. The summed E-state index contributed by atoms with van der Waals surface area (Å²) in [6, 6.07) is 6.16. The lowest BCUT2D eigenvalue weighted by Crippen LogP contribution is -2.35. The number of ether oxygens (including phenoxy) is 1. The van der Waals surface area contributed by atoms with Crippen molar-refractivity contribution in [2.24, 2.45) is 0 Å². The van der Waals surface area contributed by atoms with Crippen molar-refractivity contribution in [2.75, 3.05) is 19.7 Å². The van der Waals surface area contributed by atoms with Gasteiger partial charge in [0.1, 0.15) is 12.2 Å². The van der Waals surface area contributed by atoms with Crippen LogP contribution in [0.1, 0.15) is 50.3 Å². The molecule has 0 aliphatic carbocycles. The Morgan fingerprint density at radius 2 is 2.04 bits per heavy atom. The maximum absolute atomic E-state index is 12.9. The van der Waals surface area contributed by atoms with Crippen LogP contribution in [-0.2, 0) is 16.1 Å². The molecule has 2 aromatic heterocycles. The van der Waals surface area contributed by atoms with Gasteiger partial charge in [-0.15, -0.1) is 0 Å². The summed E-state index contributed by atoms with van der Waals surface area (Å²) < 4.78 is 7.96. The number of aromatic nitrogens is 2. The molecule has 0 unspecified atom stereocenters. The number of nitrogens with zero attached hydrogens (tertiary/aromatic N) is 3. The van der Waals surface area contributed by atoms with E-state index in [0.717, 1.165) is 62.1 Å². The van der Waals surface area contributed by atoms with Crippen molar-refractivity contribution in [3.05, 3.63) is 30.1 Å². The third-order valence-corrected chi connectivity index (χ3v) is 5.20. The van der Waals surface area contributed by atoms with Crippen LogP contribution < -0.4 is 0 Å². The van der Waals surface area contributed by atoms with Crippen LogP contribution >= 0.6 is 0 Å². The van der Waals surface area contributed by atoms with Gasteiger partial charge in [0.25, 0.3) is 0 Å². The standard InChI is InChI=1S/C19H25N3O2/c23-18(21-10-3-1-2-4-11-21)14-22-16(17-8-6-12-24-17)13-15-7-5-9-20-19(15)22/h5,7,9,13,17H,1-4,6,8,10-12,14H2/t17-/m0/s1. The summed E-state index contributed by atoms with van der Waals surface area (Å²) >= 11 is 0. The molecule has 5 nitrogen and oxygen atoms in total. The van der Waals surface area contributed by atoms with Crippen molar-refractivity contribution in [1.82, 2.24) is 14.5 Å². The number of pyridine rings is 1. The van der Waals surface area contributed by atoms with Gasteiger partial charge in [-0.3, -0.25) is 4.79 Å². The van der Waals surface area contributed by atoms with E-state index in [-0.39, 0.29) is 12.0 Å². The van der Waals surface area contributed by atoms with Crippen molar-refractivity contribution in [2.45, 2.75) is 51.2 Å². The molecule has 0 bridgehead atoms. The number of carbonyl (C=O) groups excluding carboxylic acids is 1. The first-order valence-corrected chi connectivity index (χ1v) is 9.16. The van der Waals surface area contributed by atoms with Gasteiger partial charge in [0, 0.05) is 37.0 Å². The second-order valence-corrected chi connectivity index (χ2v) is 6.87. The molecule has 2 fully saturated rings. The molecule has 128 valence electrons. The minimum Gasteiger partial charge on any atom is -0.372 e. The molecule has 2 aromatic rings. The predicted octanol–water partition coefficient (Wildman–Crippen LogP) is 3.29. The van der Waals surface area contributed by atoms with Crippen LogP contribution in [-0.4, -0.2) is 40.1 Å².